The van der Waals surface area contributed by atoms with Gasteiger partial charge < -0.3 is 14.6 Å². The molecule has 0 radical (unpaired) electrons. The molecule has 1 amide bonds. The molecule has 0 unspecified atom stereocenters. The van der Waals surface area contributed by atoms with Crippen LogP contribution in [0.3, 0.4) is 0 Å². The molecule has 5 nitrogen and oxygen atoms in total. The third-order valence-electron chi connectivity index (χ3n) is 3.68. The Morgan fingerprint density at radius 3 is 2.56 bits per heavy atom. The Balaban J connectivity index is 2.18. The Morgan fingerprint density at radius 2 is 2.00 bits per heavy atom. The van der Waals surface area contributed by atoms with Gasteiger partial charge in [0.15, 0.2) is 0 Å². The van der Waals surface area contributed by atoms with Crippen LogP contribution in [0.4, 0.5) is 9.18 Å². The molecular weight excluding hydrogens is 325 g/mol. The lowest BCUT2D eigenvalue weighted by atomic mass is 10.1. The predicted octanol–water partition coefficient (Wildman–Crippen LogP) is 2.91. The summed E-state index contributed by atoms with van der Waals surface area (Å²) in [6, 6.07) is 4.99. The molecule has 0 aliphatic carbocycles. The standard InChI is InChI=1S/C19H24FNO4/c1-18(2,3)25-17(23)21-15(12-24-19(21,4)5)16(22)11-8-13-6-9-14(20)10-7-13/h6-7,9-10,15-16,22H,12H2,1-5H3/t15-,16+/m0/s1. The molecule has 0 saturated carbocycles. The molecule has 0 aromatic heterocycles. The fourth-order valence-corrected chi connectivity index (χ4v) is 2.52. The summed E-state index contributed by atoms with van der Waals surface area (Å²) in [5.41, 5.74) is -1.00. The van der Waals surface area contributed by atoms with Crippen LogP contribution in [0.15, 0.2) is 24.3 Å². The zero-order valence-corrected chi connectivity index (χ0v) is 15.2. The van der Waals surface area contributed by atoms with E-state index >= 15 is 0 Å². The average molecular weight is 349 g/mol. The predicted molar refractivity (Wildman–Crippen MR) is 91.2 cm³/mol. The van der Waals surface area contributed by atoms with Gasteiger partial charge in [-0.15, -0.1) is 0 Å². The summed E-state index contributed by atoms with van der Waals surface area (Å²) in [7, 11) is 0. The highest BCUT2D eigenvalue weighted by Crippen LogP contribution is 2.30. The van der Waals surface area contributed by atoms with Crippen LogP contribution in [0.2, 0.25) is 0 Å². The number of halogens is 1. The largest absolute Gasteiger partial charge is 0.444 e. The molecule has 0 spiro atoms. The van der Waals surface area contributed by atoms with E-state index in [4.69, 9.17) is 9.47 Å². The van der Waals surface area contributed by atoms with Gasteiger partial charge in [0, 0.05) is 5.56 Å². The van der Waals surface area contributed by atoms with E-state index in [-0.39, 0.29) is 12.4 Å². The second-order valence-electron chi connectivity index (χ2n) is 7.40. The molecule has 1 aliphatic rings. The first kappa shape index (κ1) is 19.2. The number of carbonyl (C=O) groups is 1. The zero-order chi connectivity index (χ0) is 18.8. The summed E-state index contributed by atoms with van der Waals surface area (Å²) in [5.74, 6) is 5.13. The molecule has 6 heteroatoms. The third-order valence-corrected chi connectivity index (χ3v) is 3.68. The van der Waals surface area contributed by atoms with Gasteiger partial charge in [0.2, 0.25) is 0 Å². The van der Waals surface area contributed by atoms with E-state index in [1.54, 1.807) is 34.6 Å². The highest BCUT2D eigenvalue weighted by Gasteiger charge is 2.48. The maximum Gasteiger partial charge on any atom is 0.413 e. The van der Waals surface area contributed by atoms with Gasteiger partial charge in [0.1, 0.15) is 23.2 Å². The third kappa shape index (κ3) is 4.94. The number of hydrogen-bond acceptors (Lipinski definition) is 4. The molecule has 1 heterocycles. The second-order valence-corrected chi connectivity index (χ2v) is 7.40. The van der Waals surface area contributed by atoms with E-state index in [9.17, 15) is 14.3 Å². The molecule has 2 atom stereocenters. The minimum atomic E-state index is -1.13. The van der Waals surface area contributed by atoms with Crippen molar-refractivity contribution in [2.45, 2.75) is 58.1 Å². The summed E-state index contributed by atoms with van der Waals surface area (Å²) in [6.45, 7) is 8.93. The number of hydrogen-bond donors (Lipinski definition) is 1. The van der Waals surface area contributed by atoms with Crippen molar-refractivity contribution in [1.82, 2.24) is 4.90 Å². The molecule has 25 heavy (non-hydrogen) atoms. The van der Waals surface area contributed by atoms with Crippen LogP contribution in [-0.4, -0.2) is 46.2 Å². The number of ether oxygens (including phenoxy) is 2. The van der Waals surface area contributed by atoms with E-state index in [1.807, 2.05) is 0 Å². The normalized spacial score (nSPS) is 20.6. The molecule has 1 aromatic rings. The van der Waals surface area contributed by atoms with Crippen molar-refractivity contribution in [2.24, 2.45) is 0 Å². The zero-order valence-electron chi connectivity index (χ0n) is 15.2. The number of benzene rings is 1. The number of aliphatic hydroxyl groups is 1. The molecule has 136 valence electrons. The number of nitrogens with zero attached hydrogens (tertiary/aromatic N) is 1. The average Bonchev–Trinajstić information content (AvgIpc) is 2.80. The lowest BCUT2D eigenvalue weighted by Gasteiger charge is -2.35. The summed E-state index contributed by atoms with van der Waals surface area (Å²) in [5, 5.41) is 10.4. The maximum absolute atomic E-state index is 12.9. The van der Waals surface area contributed by atoms with E-state index in [2.05, 4.69) is 11.8 Å². The highest BCUT2D eigenvalue weighted by atomic mass is 19.1. The molecule has 1 aromatic carbocycles. The Kier molecular flexibility index (Phi) is 5.40. The van der Waals surface area contributed by atoms with Crippen molar-refractivity contribution in [3.8, 4) is 11.8 Å². The van der Waals surface area contributed by atoms with Crippen molar-refractivity contribution in [3.63, 3.8) is 0 Å². The van der Waals surface area contributed by atoms with Crippen LogP contribution in [0, 0.1) is 17.7 Å². The van der Waals surface area contributed by atoms with E-state index in [0.29, 0.717) is 5.56 Å². The van der Waals surface area contributed by atoms with Crippen LogP contribution < -0.4 is 0 Å². The minimum absolute atomic E-state index is 0.144. The number of amides is 1. The summed E-state index contributed by atoms with van der Waals surface area (Å²) < 4.78 is 24.0. The van der Waals surface area contributed by atoms with E-state index in [0.717, 1.165) is 0 Å². The summed E-state index contributed by atoms with van der Waals surface area (Å²) in [4.78, 5) is 13.9. The van der Waals surface area contributed by atoms with Crippen molar-refractivity contribution in [3.05, 3.63) is 35.6 Å². The van der Waals surface area contributed by atoms with Crippen LogP contribution in [-0.2, 0) is 9.47 Å². The molecular formula is C19H24FNO4. The fraction of sp³-hybridized carbons (Fsp3) is 0.526. The van der Waals surface area contributed by atoms with Crippen molar-refractivity contribution in [1.29, 1.82) is 0 Å². The molecule has 0 bridgehead atoms. The van der Waals surface area contributed by atoms with Gasteiger partial charge in [-0.05, 0) is 58.9 Å². The van der Waals surface area contributed by atoms with E-state index in [1.165, 1.54) is 29.2 Å². The fourth-order valence-electron chi connectivity index (χ4n) is 2.52. The Labute approximate surface area is 147 Å². The Hall–Kier alpha value is -2.10. The van der Waals surface area contributed by atoms with Crippen molar-refractivity contribution < 1.29 is 23.8 Å². The van der Waals surface area contributed by atoms with Gasteiger partial charge in [-0.2, -0.15) is 0 Å². The van der Waals surface area contributed by atoms with Crippen LogP contribution >= 0.6 is 0 Å². The number of carbonyl (C=O) groups excluding carboxylic acids is 1. The summed E-state index contributed by atoms with van der Waals surface area (Å²) >= 11 is 0. The molecule has 1 aliphatic heterocycles. The molecule has 1 N–H and O–H groups in total. The van der Waals surface area contributed by atoms with Gasteiger partial charge in [0.25, 0.3) is 0 Å². The van der Waals surface area contributed by atoms with E-state index < -0.39 is 29.6 Å². The number of aliphatic hydroxyl groups excluding tert-OH is 1. The first-order valence-corrected chi connectivity index (χ1v) is 8.11. The maximum atomic E-state index is 12.9. The van der Waals surface area contributed by atoms with Crippen molar-refractivity contribution in [2.75, 3.05) is 6.61 Å². The van der Waals surface area contributed by atoms with Gasteiger partial charge in [0.05, 0.1) is 12.6 Å². The molecule has 1 saturated heterocycles. The Bertz CT molecular complexity index is 682. The Morgan fingerprint density at radius 1 is 1.40 bits per heavy atom. The van der Waals surface area contributed by atoms with Crippen LogP contribution in [0.1, 0.15) is 40.2 Å². The molecule has 2 rings (SSSR count). The quantitative estimate of drug-likeness (QED) is 0.792. The van der Waals surface area contributed by atoms with Gasteiger partial charge in [-0.3, -0.25) is 4.90 Å². The number of rotatable bonds is 1. The first-order valence-electron chi connectivity index (χ1n) is 8.11. The summed E-state index contributed by atoms with van der Waals surface area (Å²) in [6.07, 6.45) is -1.69. The van der Waals surface area contributed by atoms with Gasteiger partial charge in [-0.25, -0.2) is 9.18 Å². The monoisotopic (exact) mass is 349 g/mol. The first-order chi connectivity index (χ1) is 11.5. The smallest absolute Gasteiger partial charge is 0.413 e. The van der Waals surface area contributed by atoms with Gasteiger partial charge >= 0.3 is 6.09 Å². The van der Waals surface area contributed by atoms with Crippen LogP contribution in [0.25, 0.3) is 0 Å². The molecule has 1 fully saturated rings. The second kappa shape index (κ2) is 7.03. The lowest BCUT2D eigenvalue weighted by molar-refractivity contribution is -0.0658. The topological polar surface area (TPSA) is 59.0 Å². The van der Waals surface area contributed by atoms with Crippen molar-refractivity contribution >= 4 is 6.09 Å². The SMILES string of the molecule is CC(C)(C)OC(=O)N1[C@H]([C@H](O)C#Cc2ccc(F)cc2)COC1(C)C. The lowest BCUT2D eigenvalue weighted by Crippen LogP contribution is -2.53. The minimum Gasteiger partial charge on any atom is -0.444 e. The van der Waals surface area contributed by atoms with Crippen LogP contribution in [0.5, 0.6) is 0 Å². The van der Waals surface area contributed by atoms with Gasteiger partial charge in [-0.1, -0.05) is 11.8 Å². The highest BCUT2D eigenvalue weighted by molar-refractivity contribution is 5.70.